The topological polar surface area (TPSA) is 49.6 Å². The molecule has 164 valence electrons. The zero-order valence-corrected chi connectivity index (χ0v) is 18.9. The highest BCUT2D eigenvalue weighted by atomic mass is 32.1. The highest BCUT2D eigenvalue weighted by Gasteiger charge is 2.23. The van der Waals surface area contributed by atoms with E-state index in [1.54, 1.807) is 17.4 Å². The summed E-state index contributed by atoms with van der Waals surface area (Å²) in [4.78, 5) is 22.1. The fourth-order valence-corrected chi connectivity index (χ4v) is 5.18. The van der Waals surface area contributed by atoms with E-state index in [1.807, 2.05) is 35.2 Å². The van der Waals surface area contributed by atoms with Crippen molar-refractivity contribution < 1.29 is 9.21 Å². The third kappa shape index (κ3) is 4.76. The maximum absolute atomic E-state index is 13.1. The molecule has 0 saturated carbocycles. The molecule has 1 fully saturated rings. The van der Waals surface area contributed by atoms with E-state index in [4.69, 9.17) is 4.42 Å². The van der Waals surface area contributed by atoms with Gasteiger partial charge in [0.2, 0.25) is 0 Å². The van der Waals surface area contributed by atoms with Gasteiger partial charge in [-0.2, -0.15) is 0 Å². The van der Waals surface area contributed by atoms with Crippen molar-refractivity contribution in [3.63, 3.8) is 0 Å². The van der Waals surface area contributed by atoms with Gasteiger partial charge in [-0.15, -0.1) is 11.3 Å². The summed E-state index contributed by atoms with van der Waals surface area (Å²) in [6.07, 6.45) is 3.23. The first-order valence-corrected chi connectivity index (χ1v) is 12.1. The van der Waals surface area contributed by atoms with Crippen LogP contribution in [0.1, 0.15) is 29.0 Å². The van der Waals surface area contributed by atoms with Crippen LogP contribution in [0.2, 0.25) is 0 Å². The number of amides is 1. The summed E-state index contributed by atoms with van der Waals surface area (Å²) in [5.41, 5.74) is 2.34. The van der Waals surface area contributed by atoms with Crippen molar-refractivity contribution in [2.24, 2.45) is 0 Å². The van der Waals surface area contributed by atoms with Gasteiger partial charge >= 0.3 is 0 Å². The Kier molecular flexibility index (Phi) is 6.32. The number of hydrogen-bond donors (Lipinski definition) is 0. The number of carbonyl (C=O) groups excluding carboxylic acids is 1. The molecule has 0 unspecified atom stereocenters. The molecule has 5 nitrogen and oxygen atoms in total. The molecule has 0 bridgehead atoms. The SMILES string of the molecule is O=C(c1ccc(-c2nc3ccccc3s2)o1)N1CCCN(CCCc2ccccc2)CC1. The van der Waals surface area contributed by atoms with Gasteiger partial charge in [-0.3, -0.25) is 4.79 Å². The lowest BCUT2D eigenvalue weighted by Crippen LogP contribution is -2.35. The number of carbonyl (C=O) groups is 1. The Hall–Kier alpha value is -2.96. The average molecular weight is 446 g/mol. The number of benzene rings is 2. The molecule has 2 aromatic carbocycles. The van der Waals surface area contributed by atoms with Crippen molar-refractivity contribution in [3.05, 3.63) is 78.1 Å². The Morgan fingerprint density at radius 3 is 2.66 bits per heavy atom. The van der Waals surface area contributed by atoms with Crippen LogP contribution in [-0.2, 0) is 6.42 Å². The van der Waals surface area contributed by atoms with Crippen LogP contribution < -0.4 is 0 Å². The molecule has 6 heteroatoms. The van der Waals surface area contributed by atoms with E-state index in [2.05, 4.69) is 40.2 Å². The largest absolute Gasteiger partial charge is 0.448 e. The lowest BCUT2D eigenvalue weighted by molar-refractivity contribution is 0.0730. The molecule has 5 rings (SSSR count). The number of thiazole rings is 1. The summed E-state index contributed by atoms with van der Waals surface area (Å²) in [7, 11) is 0. The summed E-state index contributed by atoms with van der Waals surface area (Å²) < 4.78 is 7.06. The molecular formula is C26H27N3O2S. The van der Waals surface area contributed by atoms with E-state index in [0.717, 1.165) is 67.2 Å². The van der Waals surface area contributed by atoms with Crippen LogP contribution in [0, 0.1) is 0 Å². The van der Waals surface area contributed by atoms with E-state index < -0.39 is 0 Å². The average Bonchev–Trinajstić information content (AvgIpc) is 3.42. The molecule has 2 aromatic heterocycles. The fourth-order valence-electron chi connectivity index (χ4n) is 4.25. The maximum Gasteiger partial charge on any atom is 0.289 e. The van der Waals surface area contributed by atoms with Gasteiger partial charge in [-0.1, -0.05) is 42.5 Å². The van der Waals surface area contributed by atoms with Gasteiger partial charge in [0.1, 0.15) is 0 Å². The first-order valence-electron chi connectivity index (χ1n) is 11.3. The van der Waals surface area contributed by atoms with Crippen LogP contribution in [0.3, 0.4) is 0 Å². The standard InChI is InChI=1S/C26H27N3O2S/c30-26(23-14-13-22(31-23)25-27-21-11-4-5-12-24(21)32-25)29-17-7-16-28(18-19-29)15-6-10-20-8-2-1-3-9-20/h1-5,8-9,11-14H,6-7,10,15-19H2. The number of furan rings is 1. The van der Waals surface area contributed by atoms with Crippen LogP contribution in [0.4, 0.5) is 0 Å². The van der Waals surface area contributed by atoms with Crippen LogP contribution in [0.5, 0.6) is 0 Å². The highest BCUT2D eigenvalue weighted by Crippen LogP contribution is 2.31. The van der Waals surface area contributed by atoms with E-state index >= 15 is 0 Å². The second kappa shape index (κ2) is 9.67. The molecule has 3 heterocycles. The van der Waals surface area contributed by atoms with Crippen molar-refractivity contribution in [2.45, 2.75) is 19.3 Å². The van der Waals surface area contributed by atoms with Gasteiger partial charge in [0.25, 0.3) is 5.91 Å². The van der Waals surface area contributed by atoms with Crippen molar-refractivity contribution in [3.8, 4) is 10.8 Å². The highest BCUT2D eigenvalue weighted by molar-refractivity contribution is 7.21. The summed E-state index contributed by atoms with van der Waals surface area (Å²) in [6, 6.07) is 22.3. The predicted molar refractivity (Wildman–Crippen MR) is 129 cm³/mol. The maximum atomic E-state index is 13.1. The second-order valence-electron chi connectivity index (χ2n) is 8.23. The Balaban J connectivity index is 1.17. The zero-order chi connectivity index (χ0) is 21.8. The zero-order valence-electron chi connectivity index (χ0n) is 18.1. The molecule has 0 atom stereocenters. The van der Waals surface area contributed by atoms with Crippen molar-refractivity contribution in [1.82, 2.24) is 14.8 Å². The van der Waals surface area contributed by atoms with Gasteiger partial charge in [0.15, 0.2) is 16.5 Å². The molecule has 1 aliphatic heterocycles. The lowest BCUT2D eigenvalue weighted by atomic mass is 10.1. The van der Waals surface area contributed by atoms with E-state index in [-0.39, 0.29) is 5.91 Å². The molecule has 1 amide bonds. The number of rotatable bonds is 6. The quantitative estimate of drug-likeness (QED) is 0.402. The third-order valence-corrected chi connectivity index (χ3v) is 7.03. The minimum atomic E-state index is -0.0245. The number of hydrogen-bond acceptors (Lipinski definition) is 5. The normalized spacial score (nSPS) is 15.2. The lowest BCUT2D eigenvalue weighted by Gasteiger charge is -2.21. The molecule has 0 spiro atoms. The van der Waals surface area contributed by atoms with Crippen molar-refractivity contribution >= 4 is 27.5 Å². The van der Waals surface area contributed by atoms with Crippen LogP contribution in [0.15, 0.2) is 71.1 Å². The minimum Gasteiger partial charge on any atom is -0.448 e. The smallest absolute Gasteiger partial charge is 0.289 e. The Morgan fingerprint density at radius 2 is 1.78 bits per heavy atom. The van der Waals surface area contributed by atoms with Gasteiger partial charge in [0, 0.05) is 19.6 Å². The van der Waals surface area contributed by atoms with Gasteiger partial charge in [0.05, 0.1) is 10.2 Å². The van der Waals surface area contributed by atoms with Crippen LogP contribution in [-0.4, -0.2) is 53.4 Å². The molecule has 0 N–H and O–H groups in total. The third-order valence-electron chi connectivity index (χ3n) is 5.98. The number of aromatic nitrogens is 1. The van der Waals surface area contributed by atoms with E-state index in [9.17, 15) is 4.79 Å². The Labute approximate surface area is 192 Å². The monoisotopic (exact) mass is 445 g/mol. The first-order chi connectivity index (χ1) is 15.8. The van der Waals surface area contributed by atoms with Crippen LogP contribution >= 0.6 is 11.3 Å². The van der Waals surface area contributed by atoms with Gasteiger partial charge in [-0.25, -0.2) is 4.98 Å². The summed E-state index contributed by atoms with van der Waals surface area (Å²) in [5, 5.41) is 0.811. The molecule has 1 saturated heterocycles. The number of aryl methyl sites for hydroxylation is 1. The Bertz CT molecular complexity index is 1150. The molecular weight excluding hydrogens is 418 g/mol. The summed E-state index contributed by atoms with van der Waals surface area (Å²) in [6.45, 7) is 4.52. The Morgan fingerprint density at radius 1 is 0.938 bits per heavy atom. The summed E-state index contributed by atoms with van der Waals surface area (Å²) in [5.74, 6) is 1.03. The van der Waals surface area contributed by atoms with Crippen LogP contribution in [0.25, 0.3) is 21.0 Å². The number of fused-ring (bicyclic) bond motifs is 1. The minimum absolute atomic E-state index is 0.0245. The van der Waals surface area contributed by atoms with Crippen molar-refractivity contribution in [1.29, 1.82) is 0 Å². The summed E-state index contributed by atoms with van der Waals surface area (Å²) >= 11 is 1.58. The molecule has 1 aliphatic rings. The first kappa shape index (κ1) is 20.9. The van der Waals surface area contributed by atoms with Gasteiger partial charge < -0.3 is 14.2 Å². The predicted octanol–water partition coefficient (Wildman–Crippen LogP) is 5.34. The number of para-hydroxylation sites is 1. The molecule has 4 aromatic rings. The second-order valence-corrected chi connectivity index (χ2v) is 9.26. The van der Waals surface area contributed by atoms with E-state index in [0.29, 0.717) is 11.5 Å². The van der Waals surface area contributed by atoms with Gasteiger partial charge in [-0.05, 0) is 62.2 Å². The molecule has 32 heavy (non-hydrogen) atoms. The number of nitrogens with zero attached hydrogens (tertiary/aromatic N) is 3. The molecule has 0 aliphatic carbocycles. The van der Waals surface area contributed by atoms with E-state index in [1.165, 1.54) is 5.56 Å². The fraction of sp³-hybridized carbons (Fsp3) is 0.308. The van der Waals surface area contributed by atoms with Crippen molar-refractivity contribution in [2.75, 3.05) is 32.7 Å². The molecule has 0 radical (unpaired) electrons.